The number of carbonyl (C=O) groups excluding carboxylic acids is 2. The first-order valence-electron chi connectivity index (χ1n) is 9.71. The molecule has 5 heteroatoms. The average molecular weight is 393 g/mol. The van der Waals surface area contributed by atoms with Gasteiger partial charge in [-0.25, -0.2) is 0 Å². The lowest BCUT2D eigenvalue weighted by atomic mass is 9.99. The Balaban J connectivity index is 1.54. The Morgan fingerprint density at radius 3 is 2.71 bits per heavy atom. The minimum absolute atomic E-state index is 0.0217. The van der Waals surface area contributed by atoms with Crippen molar-refractivity contribution in [2.45, 2.75) is 31.8 Å². The predicted molar refractivity (Wildman–Crippen MR) is 113 cm³/mol. The van der Waals surface area contributed by atoms with Gasteiger partial charge in [0.1, 0.15) is 6.04 Å². The SMILES string of the molecule is CN(Cc1cccc2ccccc12)C(=O)C1CCCCN1C(=O)c1cccs1. The number of likely N-dealkylation sites (tertiary alicyclic amines) is 1. The highest BCUT2D eigenvalue weighted by molar-refractivity contribution is 7.12. The molecule has 2 amide bonds. The molecule has 1 fully saturated rings. The van der Waals surface area contributed by atoms with Crippen molar-refractivity contribution >= 4 is 33.9 Å². The Kier molecular flexibility index (Phi) is 5.44. The fourth-order valence-corrected chi connectivity index (χ4v) is 4.67. The molecule has 1 aliphatic rings. The lowest BCUT2D eigenvalue weighted by Crippen LogP contribution is -2.52. The number of fused-ring (bicyclic) bond motifs is 1. The molecule has 0 aliphatic carbocycles. The maximum Gasteiger partial charge on any atom is 0.264 e. The van der Waals surface area contributed by atoms with Crippen LogP contribution in [0.5, 0.6) is 0 Å². The van der Waals surface area contributed by atoms with Crippen molar-refractivity contribution in [2.75, 3.05) is 13.6 Å². The van der Waals surface area contributed by atoms with E-state index in [-0.39, 0.29) is 17.9 Å². The molecule has 0 radical (unpaired) electrons. The molecule has 0 spiro atoms. The average Bonchev–Trinajstić information content (AvgIpc) is 3.28. The van der Waals surface area contributed by atoms with E-state index >= 15 is 0 Å². The van der Waals surface area contributed by atoms with Crippen LogP contribution in [0.15, 0.2) is 60.0 Å². The lowest BCUT2D eigenvalue weighted by molar-refractivity contribution is -0.136. The van der Waals surface area contributed by atoms with Gasteiger partial charge in [-0.1, -0.05) is 48.5 Å². The molecule has 3 aromatic rings. The van der Waals surface area contributed by atoms with Crippen molar-refractivity contribution < 1.29 is 9.59 Å². The monoisotopic (exact) mass is 392 g/mol. The molecule has 4 rings (SSSR count). The number of carbonyl (C=O) groups is 2. The summed E-state index contributed by atoms with van der Waals surface area (Å²) >= 11 is 1.43. The van der Waals surface area contributed by atoms with Gasteiger partial charge in [0.05, 0.1) is 4.88 Å². The topological polar surface area (TPSA) is 40.6 Å². The maximum absolute atomic E-state index is 13.3. The Hall–Kier alpha value is -2.66. The summed E-state index contributed by atoms with van der Waals surface area (Å²) in [5.41, 5.74) is 1.13. The van der Waals surface area contributed by atoms with Crippen LogP contribution in [0, 0.1) is 0 Å². The van der Waals surface area contributed by atoms with Crippen LogP contribution in [0.4, 0.5) is 0 Å². The molecular formula is C23H24N2O2S. The van der Waals surface area contributed by atoms with Crippen LogP contribution >= 0.6 is 11.3 Å². The Bertz CT molecular complexity index is 978. The number of amides is 2. The fraction of sp³-hybridized carbons (Fsp3) is 0.304. The normalized spacial score (nSPS) is 16.9. The maximum atomic E-state index is 13.3. The van der Waals surface area contributed by atoms with E-state index in [4.69, 9.17) is 0 Å². The molecule has 1 unspecified atom stereocenters. The number of nitrogens with zero attached hydrogens (tertiary/aromatic N) is 2. The largest absolute Gasteiger partial charge is 0.340 e. The highest BCUT2D eigenvalue weighted by Crippen LogP contribution is 2.25. The van der Waals surface area contributed by atoms with Gasteiger partial charge in [-0.2, -0.15) is 0 Å². The number of piperidine rings is 1. The highest BCUT2D eigenvalue weighted by Gasteiger charge is 2.34. The van der Waals surface area contributed by atoms with Crippen LogP contribution in [0.1, 0.15) is 34.5 Å². The Morgan fingerprint density at radius 2 is 1.89 bits per heavy atom. The first-order chi connectivity index (χ1) is 13.6. The third-order valence-corrected chi connectivity index (χ3v) is 6.30. The minimum atomic E-state index is -0.372. The molecule has 1 atom stereocenters. The van der Waals surface area contributed by atoms with Crippen LogP contribution in [-0.2, 0) is 11.3 Å². The summed E-state index contributed by atoms with van der Waals surface area (Å²) in [5, 5.41) is 4.24. The molecule has 0 bridgehead atoms. The quantitative estimate of drug-likeness (QED) is 0.653. The van der Waals surface area contributed by atoms with Gasteiger partial charge >= 0.3 is 0 Å². The van der Waals surface area contributed by atoms with Gasteiger partial charge < -0.3 is 9.80 Å². The van der Waals surface area contributed by atoms with Crippen LogP contribution in [-0.4, -0.2) is 41.2 Å². The number of hydrogen-bond acceptors (Lipinski definition) is 3. The van der Waals surface area contributed by atoms with Crippen LogP contribution in [0.3, 0.4) is 0 Å². The number of rotatable bonds is 4. The fourth-order valence-electron chi connectivity index (χ4n) is 3.99. The summed E-state index contributed by atoms with van der Waals surface area (Å²) in [6, 6.07) is 17.8. The van der Waals surface area contributed by atoms with Gasteiger partial charge in [0.15, 0.2) is 0 Å². The molecule has 0 N–H and O–H groups in total. The smallest absolute Gasteiger partial charge is 0.264 e. The summed E-state index contributed by atoms with van der Waals surface area (Å²) in [5.74, 6) is 0.00384. The van der Waals surface area contributed by atoms with Crippen LogP contribution in [0.2, 0.25) is 0 Å². The molecule has 2 aromatic carbocycles. The van der Waals surface area contributed by atoms with Crippen LogP contribution < -0.4 is 0 Å². The molecule has 1 aromatic heterocycles. The lowest BCUT2D eigenvalue weighted by Gasteiger charge is -2.36. The Labute approximate surface area is 169 Å². The molecule has 144 valence electrons. The van der Waals surface area contributed by atoms with E-state index in [9.17, 15) is 9.59 Å². The van der Waals surface area contributed by atoms with Crippen molar-refractivity contribution in [3.63, 3.8) is 0 Å². The van der Waals surface area contributed by atoms with E-state index in [0.717, 1.165) is 24.8 Å². The van der Waals surface area contributed by atoms with Crippen LogP contribution in [0.25, 0.3) is 10.8 Å². The summed E-state index contributed by atoms with van der Waals surface area (Å²) in [6.07, 6.45) is 2.66. The van der Waals surface area contributed by atoms with Crippen molar-refractivity contribution in [1.29, 1.82) is 0 Å². The number of benzene rings is 2. The van der Waals surface area contributed by atoms with Gasteiger partial charge in [0.25, 0.3) is 5.91 Å². The van der Waals surface area contributed by atoms with Gasteiger partial charge in [0.2, 0.25) is 5.91 Å². The zero-order valence-corrected chi connectivity index (χ0v) is 16.8. The molecule has 2 heterocycles. The van der Waals surface area contributed by atoms with Gasteiger partial charge in [0, 0.05) is 20.1 Å². The van der Waals surface area contributed by atoms with E-state index in [1.54, 1.807) is 9.80 Å². The second-order valence-electron chi connectivity index (χ2n) is 7.32. The first kappa shape index (κ1) is 18.7. The van der Waals surface area contributed by atoms with Crippen molar-refractivity contribution in [1.82, 2.24) is 9.80 Å². The molecule has 4 nitrogen and oxygen atoms in total. The number of thiophene rings is 1. The van der Waals surface area contributed by atoms with E-state index in [1.165, 1.54) is 22.1 Å². The minimum Gasteiger partial charge on any atom is -0.340 e. The third-order valence-electron chi connectivity index (χ3n) is 5.44. The zero-order valence-electron chi connectivity index (χ0n) is 16.0. The summed E-state index contributed by atoms with van der Waals surface area (Å²) in [7, 11) is 1.84. The van der Waals surface area contributed by atoms with E-state index in [2.05, 4.69) is 24.3 Å². The zero-order chi connectivity index (χ0) is 19.5. The molecule has 1 aliphatic heterocycles. The highest BCUT2D eigenvalue weighted by atomic mass is 32.1. The predicted octanol–water partition coefficient (Wildman–Crippen LogP) is 4.55. The standard InChI is InChI=1S/C23H24N2O2S/c1-24(16-18-10-6-9-17-8-2-3-11-19(17)18)22(26)20-12-4-5-14-25(20)23(27)21-13-7-15-28-21/h2-3,6-11,13,15,20H,4-5,12,14,16H2,1H3. The van der Waals surface area contributed by atoms with Gasteiger partial charge in [-0.05, 0) is 47.0 Å². The van der Waals surface area contributed by atoms with E-state index in [0.29, 0.717) is 18.0 Å². The van der Waals surface area contributed by atoms with Gasteiger partial charge in [-0.15, -0.1) is 11.3 Å². The van der Waals surface area contributed by atoms with E-state index < -0.39 is 0 Å². The van der Waals surface area contributed by atoms with Gasteiger partial charge in [-0.3, -0.25) is 9.59 Å². The van der Waals surface area contributed by atoms with Crippen molar-refractivity contribution in [2.24, 2.45) is 0 Å². The molecule has 28 heavy (non-hydrogen) atoms. The third kappa shape index (κ3) is 3.67. The first-order valence-corrected chi connectivity index (χ1v) is 10.6. The summed E-state index contributed by atoms with van der Waals surface area (Å²) in [6.45, 7) is 1.19. The Morgan fingerprint density at radius 1 is 1.07 bits per heavy atom. The number of hydrogen-bond donors (Lipinski definition) is 0. The second kappa shape index (κ2) is 8.15. The number of likely N-dealkylation sites (N-methyl/N-ethyl adjacent to an activating group) is 1. The van der Waals surface area contributed by atoms with Crippen molar-refractivity contribution in [3.05, 3.63) is 70.4 Å². The summed E-state index contributed by atoms with van der Waals surface area (Å²) in [4.78, 5) is 30.4. The van der Waals surface area contributed by atoms with Crippen molar-refractivity contribution in [3.8, 4) is 0 Å². The molecule has 1 saturated heterocycles. The molecule has 0 saturated carbocycles. The molecular weight excluding hydrogens is 368 g/mol. The second-order valence-corrected chi connectivity index (χ2v) is 8.27. The van der Waals surface area contributed by atoms with E-state index in [1.807, 2.05) is 42.8 Å². The summed E-state index contributed by atoms with van der Waals surface area (Å²) < 4.78 is 0.